The molecule has 96 valence electrons. The van der Waals surface area contributed by atoms with Gasteiger partial charge in [0.15, 0.2) is 0 Å². The Labute approximate surface area is 101 Å². The molecule has 1 fully saturated rings. The lowest BCUT2D eigenvalue weighted by molar-refractivity contribution is 0.119. The van der Waals surface area contributed by atoms with E-state index in [2.05, 4.69) is 37.6 Å². The molecule has 3 atom stereocenters. The molecule has 3 nitrogen and oxygen atoms in total. The van der Waals surface area contributed by atoms with E-state index in [1.54, 1.807) is 0 Å². The van der Waals surface area contributed by atoms with Crippen molar-refractivity contribution in [1.82, 2.24) is 9.80 Å². The van der Waals surface area contributed by atoms with Gasteiger partial charge in [-0.15, -0.1) is 0 Å². The van der Waals surface area contributed by atoms with Gasteiger partial charge in [0, 0.05) is 31.2 Å². The van der Waals surface area contributed by atoms with Crippen molar-refractivity contribution in [2.45, 2.75) is 58.2 Å². The molecule has 1 aliphatic rings. The minimum absolute atomic E-state index is 0.317. The van der Waals surface area contributed by atoms with E-state index in [0.29, 0.717) is 18.1 Å². The van der Waals surface area contributed by atoms with Gasteiger partial charge in [-0.25, -0.2) is 0 Å². The van der Waals surface area contributed by atoms with Gasteiger partial charge in [0.25, 0.3) is 0 Å². The van der Waals surface area contributed by atoms with Crippen LogP contribution in [0.4, 0.5) is 0 Å². The van der Waals surface area contributed by atoms with Crippen LogP contribution < -0.4 is 5.73 Å². The number of rotatable bonds is 4. The molecule has 16 heavy (non-hydrogen) atoms. The zero-order valence-electron chi connectivity index (χ0n) is 11.4. The van der Waals surface area contributed by atoms with E-state index >= 15 is 0 Å². The summed E-state index contributed by atoms with van der Waals surface area (Å²) in [6.07, 6.45) is 3.57. The van der Waals surface area contributed by atoms with Crippen LogP contribution in [0.25, 0.3) is 0 Å². The molecule has 3 heteroatoms. The second kappa shape index (κ2) is 6.58. The molecule has 1 aliphatic heterocycles. The third-order valence-electron chi connectivity index (χ3n) is 4.03. The smallest absolute Gasteiger partial charge is 0.0223 e. The molecule has 3 unspecified atom stereocenters. The molecule has 2 N–H and O–H groups in total. The van der Waals surface area contributed by atoms with Crippen LogP contribution in [-0.2, 0) is 0 Å². The Morgan fingerprint density at radius 2 is 2.00 bits per heavy atom. The zero-order chi connectivity index (χ0) is 12.1. The number of hydrogen-bond donors (Lipinski definition) is 1. The molecule has 1 saturated heterocycles. The number of hydrogen-bond acceptors (Lipinski definition) is 3. The third kappa shape index (κ3) is 3.44. The largest absolute Gasteiger partial charge is 0.326 e. The average Bonchev–Trinajstić information content (AvgIpc) is 2.48. The predicted octanol–water partition coefficient (Wildman–Crippen LogP) is 1.53. The van der Waals surface area contributed by atoms with Crippen LogP contribution in [0.3, 0.4) is 0 Å². The second-order valence-electron chi connectivity index (χ2n) is 5.23. The molecule has 0 amide bonds. The topological polar surface area (TPSA) is 32.5 Å². The van der Waals surface area contributed by atoms with E-state index in [0.717, 1.165) is 6.42 Å². The van der Waals surface area contributed by atoms with Crippen LogP contribution in [0.5, 0.6) is 0 Å². The van der Waals surface area contributed by atoms with Crippen LogP contribution in [-0.4, -0.2) is 54.6 Å². The Balaban J connectivity index is 2.66. The normalized spacial score (nSPS) is 28.7. The summed E-state index contributed by atoms with van der Waals surface area (Å²) in [5, 5.41) is 0. The first-order chi connectivity index (χ1) is 7.60. The Morgan fingerprint density at radius 1 is 1.31 bits per heavy atom. The standard InChI is InChI=1S/C13H29N3/c1-5-12-10-15(4)8-7-9-16(12)11(3)13(14)6-2/h11-13H,5-10,14H2,1-4H3. The van der Waals surface area contributed by atoms with Crippen molar-refractivity contribution in [1.29, 1.82) is 0 Å². The van der Waals surface area contributed by atoms with Gasteiger partial charge in [0.05, 0.1) is 0 Å². The third-order valence-corrected chi connectivity index (χ3v) is 4.03. The maximum Gasteiger partial charge on any atom is 0.0223 e. The number of nitrogens with zero attached hydrogens (tertiary/aromatic N) is 2. The van der Waals surface area contributed by atoms with Crippen molar-refractivity contribution in [3.05, 3.63) is 0 Å². The monoisotopic (exact) mass is 227 g/mol. The zero-order valence-corrected chi connectivity index (χ0v) is 11.4. The Morgan fingerprint density at radius 3 is 2.56 bits per heavy atom. The molecule has 0 aromatic carbocycles. The fraction of sp³-hybridized carbons (Fsp3) is 1.00. The van der Waals surface area contributed by atoms with E-state index in [1.807, 2.05) is 0 Å². The molecule has 0 spiro atoms. The van der Waals surface area contributed by atoms with Crippen LogP contribution in [0, 0.1) is 0 Å². The van der Waals surface area contributed by atoms with Gasteiger partial charge in [-0.2, -0.15) is 0 Å². The maximum atomic E-state index is 6.19. The SMILES string of the molecule is CCC(N)C(C)N1CCCN(C)CC1CC. The number of likely N-dealkylation sites (N-methyl/N-ethyl adjacent to an activating group) is 1. The summed E-state index contributed by atoms with van der Waals surface area (Å²) in [5.74, 6) is 0. The molecular formula is C13H29N3. The highest BCUT2D eigenvalue weighted by molar-refractivity contribution is 4.85. The fourth-order valence-corrected chi connectivity index (χ4v) is 2.75. The van der Waals surface area contributed by atoms with Gasteiger partial charge < -0.3 is 10.6 Å². The van der Waals surface area contributed by atoms with Gasteiger partial charge in [0.1, 0.15) is 0 Å². The van der Waals surface area contributed by atoms with Crippen LogP contribution in [0.15, 0.2) is 0 Å². The summed E-state index contributed by atoms with van der Waals surface area (Å²) in [5.41, 5.74) is 6.19. The summed E-state index contributed by atoms with van der Waals surface area (Å²) in [7, 11) is 2.23. The molecule has 0 saturated carbocycles. The number of nitrogens with two attached hydrogens (primary N) is 1. The first kappa shape index (κ1) is 13.9. The Kier molecular flexibility index (Phi) is 5.73. The molecule has 1 heterocycles. The summed E-state index contributed by atoms with van der Waals surface area (Å²) >= 11 is 0. The average molecular weight is 227 g/mol. The second-order valence-corrected chi connectivity index (χ2v) is 5.23. The van der Waals surface area contributed by atoms with Crippen molar-refractivity contribution in [3.63, 3.8) is 0 Å². The van der Waals surface area contributed by atoms with Gasteiger partial charge in [0.2, 0.25) is 0 Å². The molecule has 0 radical (unpaired) electrons. The molecule has 1 rings (SSSR count). The van der Waals surface area contributed by atoms with Crippen molar-refractivity contribution < 1.29 is 0 Å². The van der Waals surface area contributed by atoms with Gasteiger partial charge in [-0.05, 0) is 39.8 Å². The van der Waals surface area contributed by atoms with E-state index in [-0.39, 0.29) is 0 Å². The van der Waals surface area contributed by atoms with Crippen molar-refractivity contribution in [3.8, 4) is 0 Å². The van der Waals surface area contributed by atoms with Crippen molar-refractivity contribution in [2.24, 2.45) is 5.73 Å². The molecule has 0 aliphatic carbocycles. The summed E-state index contributed by atoms with van der Waals surface area (Å²) < 4.78 is 0. The predicted molar refractivity (Wildman–Crippen MR) is 70.6 cm³/mol. The summed E-state index contributed by atoms with van der Waals surface area (Å²) in [6.45, 7) is 10.4. The lowest BCUT2D eigenvalue weighted by atomic mass is 10.0. The van der Waals surface area contributed by atoms with Crippen molar-refractivity contribution in [2.75, 3.05) is 26.7 Å². The highest BCUT2D eigenvalue weighted by Gasteiger charge is 2.28. The van der Waals surface area contributed by atoms with Gasteiger partial charge in [-0.3, -0.25) is 4.90 Å². The Bertz CT molecular complexity index is 196. The quantitative estimate of drug-likeness (QED) is 0.790. The fourth-order valence-electron chi connectivity index (χ4n) is 2.75. The lowest BCUT2D eigenvalue weighted by Crippen LogP contribution is -2.51. The maximum absolute atomic E-state index is 6.19. The summed E-state index contributed by atoms with van der Waals surface area (Å²) in [4.78, 5) is 5.09. The van der Waals surface area contributed by atoms with E-state index in [1.165, 1.54) is 32.5 Å². The molecular weight excluding hydrogens is 198 g/mol. The van der Waals surface area contributed by atoms with Crippen LogP contribution in [0.2, 0.25) is 0 Å². The van der Waals surface area contributed by atoms with Gasteiger partial charge >= 0.3 is 0 Å². The van der Waals surface area contributed by atoms with E-state index < -0.39 is 0 Å². The first-order valence-corrected chi connectivity index (χ1v) is 6.80. The Hall–Kier alpha value is -0.120. The highest BCUT2D eigenvalue weighted by Crippen LogP contribution is 2.17. The van der Waals surface area contributed by atoms with Crippen LogP contribution in [0.1, 0.15) is 40.0 Å². The molecule has 0 aromatic rings. The van der Waals surface area contributed by atoms with E-state index in [9.17, 15) is 0 Å². The minimum atomic E-state index is 0.317. The molecule has 0 aromatic heterocycles. The summed E-state index contributed by atoms with van der Waals surface area (Å²) in [6, 6.07) is 1.51. The lowest BCUT2D eigenvalue weighted by Gasteiger charge is -2.37. The highest BCUT2D eigenvalue weighted by atomic mass is 15.3. The van der Waals surface area contributed by atoms with E-state index in [4.69, 9.17) is 5.73 Å². The van der Waals surface area contributed by atoms with Gasteiger partial charge in [-0.1, -0.05) is 13.8 Å². The molecule has 0 bridgehead atoms. The van der Waals surface area contributed by atoms with Crippen molar-refractivity contribution >= 4 is 0 Å². The van der Waals surface area contributed by atoms with Crippen LogP contribution >= 0.6 is 0 Å². The first-order valence-electron chi connectivity index (χ1n) is 6.80. The minimum Gasteiger partial charge on any atom is -0.326 e.